The average molecular weight is 382 g/mol. The number of hydrogen-bond acceptors (Lipinski definition) is 6. The fraction of sp³-hybridized carbons (Fsp3) is 0.500. The van der Waals surface area contributed by atoms with Crippen molar-refractivity contribution < 1.29 is 4.79 Å². The number of rotatable bonds is 3. The number of carbonyl (C=O) groups is 1. The number of nitrogens with zero attached hydrogens (tertiary/aromatic N) is 6. The van der Waals surface area contributed by atoms with Crippen molar-refractivity contribution in [1.29, 1.82) is 0 Å². The normalized spacial score (nSPS) is 17.9. The van der Waals surface area contributed by atoms with Gasteiger partial charge in [0, 0.05) is 63.5 Å². The van der Waals surface area contributed by atoms with Gasteiger partial charge in [-0.1, -0.05) is 6.07 Å². The molecule has 2 aliphatic rings. The highest BCUT2D eigenvalue weighted by atomic mass is 16.2. The van der Waals surface area contributed by atoms with Gasteiger partial charge in [0.2, 0.25) is 5.91 Å². The summed E-state index contributed by atoms with van der Waals surface area (Å²) in [7, 11) is 2.14. The maximum Gasteiger partial charge on any atom is 0.250 e. The number of pyridine rings is 1. The number of hydrogen-bond donors (Lipinski definition) is 0. The zero-order valence-corrected chi connectivity index (χ0v) is 16.3. The Hall–Kier alpha value is -2.74. The molecule has 0 aromatic carbocycles. The summed E-state index contributed by atoms with van der Waals surface area (Å²) < 4.78 is 1.45. The van der Waals surface area contributed by atoms with Gasteiger partial charge in [0.1, 0.15) is 18.7 Å². The van der Waals surface area contributed by atoms with E-state index in [-0.39, 0.29) is 18.0 Å². The maximum absolute atomic E-state index is 12.8. The second-order valence-corrected chi connectivity index (χ2v) is 7.46. The molecule has 0 N–H and O–H groups in total. The molecular weight excluding hydrogens is 356 g/mol. The van der Waals surface area contributed by atoms with Crippen molar-refractivity contribution in [3.8, 4) is 0 Å². The Labute approximate surface area is 164 Å². The number of aromatic nitrogens is 3. The van der Waals surface area contributed by atoms with Gasteiger partial charge < -0.3 is 19.3 Å². The largest absolute Gasteiger partial charge is 0.354 e. The van der Waals surface area contributed by atoms with Gasteiger partial charge in [-0.25, -0.2) is 9.97 Å². The Morgan fingerprint density at radius 3 is 2.61 bits per heavy atom. The Morgan fingerprint density at radius 2 is 1.82 bits per heavy atom. The molecule has 8 nitrogen and oxygen atoms in total. The molecule has 1 fully saturated rings. The minimum atomic E-state index is -0.155. The lowest BCUT2D eigenvalue weighted by Crippen LogP contribution is -2.45. The van der Waals surface area contributed by atoms with Crippen LogP contribution in [0.15, 0.2) is 35.5 Å². The quantitative estimate of drug-likeness (QED) is 0.745. The lowest BCUT2D eigenvalue weighted by molar-refractivity contribution is -0.131. The summed E-state index contributed by atoms with van der Waals surface area (Å²) >= 11 is 0. The van der Waals surface area contributed by atoms with E-state index in [0.29, 0.717) is 19.5 Å². The second kappa shape index (κ2) is 8.10. The van der Waals surface area contributed by atoms with Gasteiger partial charge in [0.05, 0.1) is 5.69 Å². The minimum absolute atomic E-state index is 0.0322. The summed E-state index contributed by atoms with van der Waals surface area (Å²) in [4.78, 5) is 40.2. The second-order valence-electron chi connectivity index (χ2n) is 7.46. The summed E-state index contributed by atoms with van der Waals surface area (Å²) in [5.41, 5.74) is 2.05. The number of anilines is 1. The van der Waals surface area contributed by atoms with Crippen LogP contribution in [-0.4, -0.2) is 76.6 Å². The molecule has 1 amide bonds. The molecule has 0 radical (unpaired) electrons. The van der Waals surface area contributed by atoms with Crippen LogP contribution >= 0.6 is 0 Å². The Bertz CT molecular complexity index is 904. The molecule has 1 saturated heterocycles. The molecule has 0 aliphatic carbocycles. The van der Waals surface area contributed by atoms with Crippen molar-refractivity contribution in [3.63, 3.8) is 0 Å². The number of fused-ring (bicyclic) bond motifs is 1. The van der Waals surface area contributed by atoms with Gasteiger partial charge >= 0.3 is 0 Å². The molecule has 2 aromatic heterocycles. The standard InChI is InChI=1S/C20H26N6O2/c1-23-10-12-25(13-11-23)20-16-5-8-24(9-6-17(16)21-15-22-20)19(28)14-26-7-3-2-4-18(26)27/h2-4,7,15H,5-6,8-14H2,1H3. The minimum Gasteiger partial charge on any atom is -0.354 e. The highest BCUT2D eigenvalue weighted by Gasteiger charge is 2.25. The van der Waals surface area contributed by atoms with Crippen LogP contribution in [0.25, 0.3) is 0 Å². The van der Waals surface area contributed by atoms with E-state index in [1.54, 1.807) is 24.7 Å². The van der Waals surface area contributed by atoms with Crippen LogP contribution in [0.3, 0.4) is 0 Å². The van der Waals surface area contributed by atoms with Crippen LogP contribution in [0, 0.1) is 0 Å². The number of carbonyl (C=O) groups excluding carboxylic acids is 1. The van der Waals surface area contributed by atoms with Crippen molar-refractivity contribution in [3.05, 3.63) is 52.3 Å². The number of likely N-dealkylation sites (N-methyl/N-ethyl adjacent to an activating group) is 1. The van der Waals surface area contributed by atoms with Crippen LogP contribution in [0.4, 0.5) is 5.82 Å². The van der Waals surface area contributed by atoms with Gasteiger partial charge in [-0.3, -0.25) is 9.59 Å². The lowest BCUT2D eigenvalue weighted by atomic mass is 10.1. The van der Waals surface area contributed by atoms with Crippen LogP contribution in [0.5, 0.6) is 0 Å². The summed E-state index contributed by atoms with van der Waals surface area (Å²) in [5.74, 6) is 0.988. The molecule has 8 heteroatoms. The lowest BCUT2D eigenvalue weighted by Gasteiger charge is -2.34. The Morgan fingerprint density at radius 1 is 1.04 bits per heavy atom. The monoisotopic (exact) mass is 382 g/mol. The first-order chi connectivity index (χ1) is 13.6. The molecule has 0 unspecified atom stereocenters. The summed E-state index contributed by atoms with van der Waals surface area (Å²) in [6, 6.07) is 4.93. The summed E-state index contributed by atoms with van der Waals surface area (Å²) in [6.45, 7) is 5.28. The highest BCUT2D eigenvalue weighted by Crippen LogP contribution is 2.24. The van der Waals surface area contributed by atoms with Gasteiger partial charge in [0.25, 0.3) is 5.56 Å². The van der Waals surface area contributed by atoms with E-state index in [2.05, 4.69) is 26.8 Å². The summed E-state index contributed by atoms with van der Waals surface area (Å²) in [5, 5.41) is 0. The van der Waals surface area contributed by atoms with Crippen molar-refractivity contribution in [2.24, 2.45) is 0 Å². The Kier molecular flexibility index (Phi) is 5.38. The molecule has 0 atom stereocenters. The van der Waals surface area contributed by atoms with Crippen molar-refractivity contribution >= 4 is 11.7 Å². The van der Waals surface area contributed by atoms with Gasteiger partial charge in [-0.15, -0.1) is 0 Å². The van der Waals surface area contributed by atoms with Crippen molar-refractivity contribution in [2.45, 2.75) is 19.4 Å². The topological polar surface area (TPSA) is 74.6 Å². The van der Waals surface area contributed by atoms with E-state index < -0.39 is 0 Å². The summed E-state index contributed by atoms with van der Waals surface area (Å²) in [6.07, 6.45) is 4.76. The molecular formula is C20H26N6O2. The van der Waals surface area contributed by atoms with E-state index >= 15 is 0 Å². The van der Waals surface area contributed by atoms with Gasteiger partial charge in [-0.2, -0.15) is 0 Å². The fourth-order valence-corrected chi connectivity index (χ4v) is 3.89. The first-order valence-electron chi connectivity index (χ1n) is 9.81. The van der Waals surface area contributed by atoms with Crippen LogP contribution < -0.4 is 10.5 Å². The van der Waals surface area contributed by atoms with E-state index in [0.717, 1.165) is 44.1 Å². The third kappa shape index (κ3) is 3.91. The Balaban J connectivity index is 1.48. The van der Waals surface area contributed by atoms with Crippen molar-refractivity contribution in [1.82, 2.24) is 24.3 Å². The van der Waals surface area contributed by atoms with E-state index in [9.17, 15) is 9.59 Å². The predicted molar refractivity (Wildman–Crippen MR) is 106 cm³/mol. The smallest absolute Gasteiger partial charge is 0.250 e. The number of amides is 1. The molecule has 2 aliphatic heterocycles. The zero-order chi connectivity index (χ0) is 19.5. The highest BCUT2D eigenvalue weighted by molar-refractivity contribution is 5.76. The van der Waals surface area contributed by atoms with Gasteiger partial charge in [0.15, 0.2) is 0 Å². The van der Waals surface area contributed by atoms with Crippen molar-refractivity contribution in [2.75, 3.05) is 51.2 Å². The van der Waals surface area contributed by atoms with E-state index in [1.165, 1.54) is 16.2 Å². The molecule has 4 heterocycles. The van der Waals surface area contributed by atoms with E-state index in [1.807, 2.05) is 4.90 Å². The molecule has 0 bridgehead atoms. The number of piperazine rings is 1. The third-order valence-electron chi connectivity index (χ3n) is 5.62. The average Bonchev–Trinajstić information content (AvgIpc) is 2.93. The molecule has 148 valence electrons. The molecule has 4 rings (SSSR count). The van der Waals surface area contributed by atoms with Gasteiger partial charge in [-0.05, 0) is 19.5 Å². The fourth-order valence-electron chi connectivity index (χ4n) is 3.89. The third-order valence-corrected chi connectivity index (χ3v) is 5.62. The molecule has 2 aromatic rings. The predicted octanol–water partition coefficient (Wildman–Crippen LogP) is 0.0175. The molecule has 0 saturated carbocycles. The van der Waals surface area contributed by atoms with Crippen LogP contribution in [0.2, 0.25) is 0 Å². The van der Waals surface area contributed by atoms with Crippen LogP contribution in [-0.2, 0) is 24.2 Å². The zero-order valence-electron chi connectivity index (χ0n) is 16.3. The first-order valence-corrected chi connectivity index (χ1v) is 9.81. The van der Waals surface area contributed by atoms with E-state index in [4.69, 9.17) is 0 Å². The molecule has 28 heavy (non-hydrogen) atoms. The molecule has 0 spiro atoms. The first kappa shape index (κ1) is 18.6. The maximum atomic E-state index is 12.8. The SMILES string of the molecule is CN1CCN(c2ncnc3c2CCN(C(=O)Cn2ccccc2=O)CC3)CC1. The van der Waals surface area contributed by atoms with Crippen LogP contribution in [0.1, 0.15) is 11.3 Å².